The van der Waals surface area contributed by atoms with E-state index in [-0.39, 0.29) is 5.91 Å². The highest BCUT2D eigenvalue weighted by molar-refractivity contribution is 5.97. The van der Waals surface area contributed by atoms with E-state index in [9.17, 15) is 4.79 Å². The molecule has 1 fully saturated rings. The predicted octanol–water partition coefficient (Wildman–Crippen LogP) is 3.12. The second-order valence-corrected chi connectivity index (χ2v) is 8.69. The summed E-state index contributed by atoms with van der Waals surface area (Å²) in [6.07, 6.45) is 1.30. The van der Waals surface area contributed by atoms with Gasteiger partial charge in [-0.1, -0.05) is 24.3 Å². The van der Waals surface area contributed by atoms with Crippen molar-refractivity contribution in [1.29, 1.82) is 0 Å². The van der Waals surface area contributed by atoms with Crippen LogP contribution in [0.2, 0.25) is 0 Å². The zero-order valence-electron chi connectivity index (χ0n) is 20.2. The Kier molecular flexibility index (Phi) is 6.81. The van der Waals surface area contributed by atoms with Crippen molar-refractivity contribution in [2.24, 2.45) is 0 Å². The lowest BCUT2D eigenvalue weighted by atomic mass is 10.0. The summed E-state index contributed by atoms with van der Waals surface area (Å²) in [4.78, 5) is 27.5. The molecular weight excluding hydrogens is 444 g/mol. The number of ether oxygens (including phenoxy) is 3. The number of amides is 1. The Morgan fingerprint density at radius 1 is 1.00 bits per heavy atom. The second kappa shape index (κ2) is 10.3. The third-order valence-corrected chi connectivity index (χ3v) is 6.52. The van der Waals surface area contributed by atoms with Crippen LogP contribution in [-0.2, 0) is 24.1 Å². The lowest BCUT2D eigenvalue weighted by Gasteiger charge is -2.34. The van der Waals surface area contributed by atoms with Gasteiger partial charge in [0.25, 0.3) is 5.91 Å². The summed E-state index contributed by atoms with van der Waals surface area (Å²) in [5.41, 5.74) is 3.71. The number of rotatable bonds is 6. The number of benzene rings is 2. The van der Waals surface area contributed by atoms with E-state index >= 15 is 0 Å². The van der Waals surface area contributed by atoms with Crippen molar-refractivity contribution in [2.45, 2.75) is 19.4 Å². The molecule has 0 bridgehead atoms. The van der Waals surface area contributed by atoms with Crippen molar-refractivity contribution in [3.63, 3.8) is 0 Å². The van der Waals surface area contributed by atoms with E-state index in [1.807, 2.05) is 47.4 Å². The Morgan fingerprint density at radius 2 is 1.83 bits per heavy atom. The normalized spacial score (nSPS) is 15.5. The maximum atomic E-state index is 13.4. The zero-order chi connectivity index (χ0) is 24.2. The summed E-state index contributed by atoms with van der Waals surface area (Å²) in [7, 11) is 3.26. The third kappa shape index (κ3) is 4.93. The Hall–Kier alpha value is -3.65. The molecule has 5 rings (SSSR count). The van der Waals surface area contributed by atoms with Gasteiger partial charge in [0.05, 0.1) is 45.2 Å². The number of hydrogen-bond acceptors (Lipinski definition) is 7. The van der Waals surface area contributed by atoms with Crippen LogP contribution in [-0.4, -0.2) is 67.8 Å². The van der Waals surface area contributed by atoms with Gasteiger partial charge in [0.2, 0.25) is 0 Å². The molecule has 0 atom stereocenters. The minimum Gasteiger partial charge on any atom is -0.497 e. The van der Waals surface area contributed by atoms with Crippen molar-refractivity contribution in [1.82, 2.24) is 14.9 Å². The lowest BCUT2D eigenvalue weighted by molar-refractivity contribution is 0.0729. The van der Waals surface area contributed by atoms with Gasteiger partial charge in [-0.3, -0.25) is 4.79 Å². The molecule has 2 aliphatic heterocycles. The summed E-state index contributed by atoms with van der Waals surface area (Å²) in [5.74, 6) is 3.05. The minimum atomic E-state index is -0.0403. The van der Waals surface area contributed by atoms with Crippen LogP contribution >= 0.6 is 0 Å². The first-order valence-corrected chi connectivity index (χ1v) is 11.9. The maximum absolute atomic E-state index is 13.4. The molecule has 8 heteroatoms. The minimum absolute atomic E-state index is 0.0403. The van der Waals surface area contributed by atoms with Crippen molar-refractivity contribution in [3.05, 3.63) is 76.7 Å². The highest BCUT2D eigenvalue weighted by atomic mass is 16.5. The van der Waals surface area contributed by atoms with Crippen molar-refractivity contribution < 1.29 is 19.0 Å². The molecule has 2 aliphatic rings. The number of fused-ring (bicyclic) bond motifs is 1. The standard InChI is InChI=1S/C27H30N4O4/c1-33-20-7-5-6-19(16-20)17-25-28-23-10-11-31(27(32)21-8-3-4-9-24(21)34-2)18-22(23)26(29-25)30-12-14-35-15-13-30/h3-9,16H,10-15,17-18H2,1-2H3. The molecule has 1 aromatic heterocycles. The van der Waals surface area contributed by atoms with E-state index in [1.165, 1.54) is 0 Å². The molecule has 8 nitrogen and oxygen atoms in total. The molecule has 182 valence electrons. The summed E-state index contributed by atoms with van der Waals surface area (Å²) in [6.45, 7) is 3.92. The molecule has 2 aromatic carbocycles. The molecule has 0 N–H and O–H groups in total. The SMILES string of the molecule is COc1cccc(Cc2nc3c(c(N4CCOCC4)n2)CN(C(=O)c2ccccc2OC)CC3)c1. The average Bonchev–Trinajstić information content (AvgIpc) is 2.92. The molecule has 3 aromatic rings. The van der Waals surface area contributed by atoms with Crippen LogP contribution < -0.4 is 14.4 Å². The Morgan fingerprint density at radius 3 is 2.63 bits per heavy atom. The molecule has 0 aliphatic carbocycles. The van der Waals surface area contributed by atoms with Crippen LogP contribution in [0.5, 0.6) is 11.5 Å². The monoisotopic (exact) mass is 474 g/mol. The van der Waals surface area contributed by atoms with E-state index in [2.05, 4.69) is 11.0 Å². The third-order valence-electron chi connectivity index (χ3n) is 6.52. The number of nitrogens with zero attached hydrogens (tertiary/aromatic N) is 4. The van der Waals surface area contributed by atoms with Crippen LogP contribution in [0.3, 0.4) is 0 Å². The van der Waals surface area contributed by atoms with Gasteiger partial charge in [-0.25, -0.2) is 9.97 Å². The summed E-state index contributed by atoms with van der Waals surface area (Å²) < 4.78 is 16.4. The number of para-hydroxylation sites is 1. The Balaban J connectivity index is 1.47. The molecule has 35 heavy (non-hydrogen) atoms. The fraction of sp³-hybridized carbons (Fsp3) is 0.370. The summed E-state index contributed by atoms with van der Waals surface area (Å²) in [6, 6.07) is 15.4. The molecule has 3 heterocycles. The predicted molar refractivity (Wildman–Crippen MR) is 132 cm³/mol. The van der Waals surface area contributed by atoms with E-state index < -0.39 is 0 Å². The van der Waals surface area contributed by atoms with E-state index in [0.29, 0.717) is 50.5 Å². The number of morpholine rings is 1. The fourth-order valence-corrected chi connectivity index (χ4v) is 4.69. The first kappa shape index (κ1) is 23.1. The molecule has 1 saturated heterocycles. The van der Waals surface area contributed by atoms with E-state index in [4.69, 9.17) is 24.2 Å². The van der Waals surface area contributed by atoms with Crippen molar-refractivity contribution in [2.75, 3.05) is 52.0 Å². The van der Waals surface area contributed by atoms with Crippen LogP contribution in [0.15, 0.2) is 48.5 Å². The largest absolute Gasteiger partial charge is 0.497 e. The van der Waals surface area contributed by atoms with Gasteiger partial charge in [0.1, 0.15) is 23.1 Å². The highest BCUT2D eigenvalue weighted by Crippen LogP contribution is 2.30. The van der Waals surface area contributed by atoms with Crippen LogP contribution in [0.25, 0.3) is 0 Å². The average molecular weight is 475 g/mol. The van der Waals surface area contributed by atoms with Crippen LogP contribution in [0, 0.1) is 0 Å². The number of hydrogen-bond donors (Lipinski definition) is 0. The maximum Gasteiger partial charge on any atom is 0.257 e. The topological polar surface area (TPSA) is 77.0 Å². The van der Waals surface area contributed by atoms with Crippen LogP contribution in [0.1, 0.15) is 33.0 Å². The van der Waals surface area contributed by atoms with Gasteiger partial charge >= 0.3 is 0 Å². The number of methoxy groups -OCH3 is 2. The zero-order valence-corrected chi connectivity index (χ0v) is 20.2. The van der Waals surface area contributed by atoms with Gasteiger partial charge < -0.3 is 24.0 Å². The van der Waals surface area contributed by atoms with Crippen molar-refractivity contribution in [3.8, 4) is 11.5 Å². The first-order valence-electron chi connectivity index (χ1n) is 11.9. The quantitative estimate of drug-likeness (QED) is 0.543. The fourth-order valence-electron chi connectivity index (χ4n) is 4.69. The lowest BCUT2D eigenvalue weighted by Crippen LogP contribution is -2.41. The van der Waals surface area contributed by atoms with E-state index in [0.717, 1.165) is 47.3 Å². The first-order chi connectivity index (χ1) is 17.2. The summed E-state index contributed by atoms with van der Waals surface area (Å²) in [5, 5.41) is 0. The number of anilines is 1. The highest BCUT2D eigenvalue weighted by Gasteiger charge is 2.29. The van der Waals surface area contributed by atoms with E-state index in [1.54, 1.807) is 14.2 Å². The summed E-state index contributed by atoms with van der Waals surface area (Å²) >= 11 is 0. The number of carbonyl (C=O) groups is 1. The Bertz CT molecular complexity index is 1210. The van der Waals surface area contributed by atoms with Crippen molar-refractivity contribution >= 4 is 11.7 Å². The molecule has 0 saturated carbocycles. The van der Waals surface area contributed by atoms with Crippen LogP contribution in [0.4, 0.5) is 5.82 Å². The Labute approximate surface area is 205 Å². The molecule has 0 unspecified atom stereocenters. The molecule has 0 radical (unpaired) electrons. The number of aromatic nitrogens is 2. The molecule has 1 amide bonds. The smallest absolute Gasteiger partial charge is 0.257 e. The number of carbonyl (C=O) groups excluding carboxylic acids is 1. The van der Waals surface area contributed by atoms with Gasteiger partial charge in [0, 0.05) is 38.0 Å². The molecule has 0 spiro atoms. The van der Waals surface area contributed by atoms with Gasteiger partial charge in [-0.2, -0.15) is 0 Å². The molecular formula is C27H30N4O4. The van der Waals surface area contributed by atoms with Gasteiger partial charge in [-0.15, -0.1) is 0 Å². The van der Waals surface area contributed by atoms with Gasteiger partial charge in [0.15, 0.2) is 0 Å². The second-order valence-electron chi connectivity index (χ2n) is 8.69. The van der Waals surface area contributed by atoms with Gasteiger partial charge in [-0.05, 0) is 29.8 Å².